The molecule has 0 radical (unpaired) electrons. The normalized spacial score (nSPS) is 33.7. The number of rotatable bonds is 5. The lowest BCUT2D eigenvalue weighted by Crippen LogP contribution is -2.46. The summed E-state index contributed by atoms with van der Waals surface area (Å²) in [7, 11) is -3.37. The predicted molar refractivity (Wildman–Crippen MR) is 70.7 cm³/mol. The third kappa shape index (κ3) is 4.19. The number of hydrogen-bond acceptors (Lipinski definition) is 4. The first-order chi connectivity index (χ1) is 8.55. The maximum atomic E-state index is 11.2. The predicted octanol–water partition coefficient (Wildman–Crippen LogP) is 0.745. The summed E-state index contributed by atoms with van der Waals surface area (Å²) in [6, 6.07) is 0.449. The van der Waals surface area contributed by atoms with E-state index in [1.54, 1.807) is 0 Å². The first-order valence-electron chi connectivity index (χ1n) is 6.92. The highest BCUT2D eigenvalue weighted by molar-refractivity contribution is 7.89. The smallest absolute Gasteiger partial charge is 0.213 e. The van der Waals surface area contributed by atoms with Gasteiger partial charge in [0.15, 0.2) is 0 Å². The van der Waals surface area contributed by atoms with Gasteiger partial charge in [-0.3, -0.25) is 0 Å². The maximum Gasteiger partial charge on any atom is 0.213 e. The molecule has 2 aliphatic heterocycles. The van der Waals surface area contributed by atoms with Crippen LogP contribution in [-0.4, -0.2) is 39.0 Å². The molecule has 0 aromatic rings. The average Bonchev–Trinajstić information content (AvgIpc) is 2.82. The van der Waals surface area contributed by atoms with Gasteiger partial charge in [0.1, 0.15) is 0 Å². The van der Waals surface area contributed by atoms with Crippen LogP contribution >= 0.6 is 0 Å². The summed E-state index contributed by atoms with van der Waals surface area (Å²) in [5, 5.41) is 8.06. The Labute approximate surface area is 110 Å². The molecule has 3 atom stereocenters. The second-order valence-electron chi connectivity index (χ2n) is 5.46. The summed E-state index contributed by atoms with van der Waals surface area (Å²) in [5.74, 6) is 0. The van der Waals surface area contributed by atoms with Gasteiger partial charge < -0.3 is 10.1 Å². The van der Waals surface area contributed by atoms with Gasteiger partial charge in [-0.25, -0.2) is 13.6 Å². The van der Waals surface area contributed by atoms with Crippen molar-refractivity contribution in [2.24, 2.45) is 5.14 Å². The van der Waals surface area contributed by atoms with E-state index in [2.05, 4.69) is 5.32 Å². The first kappa shape index (κ1) is 14.2. The molecule has 106 valence electrons. The minimum atomic E-state index is -3.37. The Balaban J connectivity index is 1.61. The fourth-order valence-corrected chi connectivity index (χ4v) is 3.67. The van der Waals surface area contributed by atoms with Crippen LogP contribution in [0.2, 0.25) is 0 Å². The average molecular weight is 276 g/mol. The molecule has 2 fully saturated rings. The van der Waals surface area contributed by atoms with Crippen LogP contribution in [0.15, 0.2) is 0 Å². The fourth-order valence-electron chi connectivity index (χ4n) is 2.88. The first-order valence-corrected chi connectivity index (χ1v) is 8.53. The lowest BCUT2D eigenvalue weighted by Gasteiger charge is -2.28. The van der Waals surface area contributed by atoms with Crippen molar-refractivity contribution in [3.05, 3.63) is 0 Å². The summed E-state index contributed by atoms with van der Waals surface area (Å²) in [4.78, 5) is 0. The second kappa shape index (κ2) is 6.32. The molecule has 2 rings (SSSR count). The van der Waals surface area contributed by atoms with E-state index in [1.807, 2.05) is 0 Å². The van der Waals surface area contributed by atoms with Gasteiger partial charge in [0, 0.05) is 19.2 Å². The molecule has 5 nitrogen and oxygen atoms in total. The summed E-state index contributed by atoms with van der Waals surface area (Å²) in [6.07, 6.45) is 7.86. The summed E-state index contributed by atoms with van der Waals surface area (Å²) >= 11 is 0. The number of primary sulfonamides is 1. The van der Waals surface area contributed by atoms with Crippen LogP contribution in [0.3, 0.4) is 0 Å². The Morgan fingerprint density at radius 2 is 2.06 bits per heavy atom. The van der Waals surface area contributed by atoms with Crippen molar-refractivity contribution in [2.75, 3.05) is 13.2 Å². The molecule has 3 unspecified atom stereocenters. The Morgan fingerprint density at radius 3 is 2.61 bits per heavy atom. The number of sulfonamides is 1. The fraction of sp³-hybridized carbons (Fsp3) is 1.00. The number of nitrogens with one attached hydrogen (secondary N) is 1. The van der Waals surface area contributed by atoms with E-state index in [4.69, 9.17) is 9.88 Å². The molecular weight excluding hydrogens is 252 g/mol. The molecule has 6 heteroatoms. The molecule has 0 aliphatic carbocycles. The molecule has 2 saturated heterocycles. The minimum absolute atomic E-state index is 0.396. The van der Waals surface area contributed by atoms with E-state index < -0.39 is 15.3 Å². The van der Waals surface area contributed by atoms with Crippen molar-refractivity contribution in [1.29, 1.82) is 0 Å². The standard InChI is InChI=1S/C12H24N2O3S/c13-18(15,16)12-7-6-10(14-9-12)3-1-4-11-5-2-8-17-11/h10-12,14H,1-9H2,(H2,13,15,16). The van der Waals surface area contributed by atoms with Crippen LogP contribution in [-0.2, 0) is 14.8 Å². The summed E-state index contributed by atoms with van der Waals surface area (Å²) in [5.41, 5.74) is 0. The molecule has 3 N–H and O–H groups in total. The number of hydrogen-bond donors (Lipinski definition) is 2. The van der Waals surface area contributed by atoms with Crippen molar-refractivity contribution >= 4 is 10.0 Å². The molecule has 2 heterocycles. The van der Waals surface area contributed by atoms with E-state index in [-0.39, 0.29) is 0 Å². The van der Waals surface area contributed by atoms with Crippen molar-refractivity contribution < 1.29 is 13.2 Å². The van der Waals surface area contributed by atoms with Crippen LogP contribution in [0.1, 0.15) is 44.9 Å². The van der Waals surface area contributed by atoms with E-state index in [1.165, 1.54) is 12.8 Å². The zero-order valence-corrected chi connectivity index (χ0v) is 11.6. The Bertz CT molecular complexity index is 344. The zero-order chi connectivity index (χ0) is 13.0. The third-order valence-corrected chi connectivity index (χ3v) is 5.37. The lowest BCUT2D eigenvalue weighted by molar-refractivity contribution is 0.101. The van der Waals surface area contributed by atoms with E-state index >= 15 is 0 Å². The summed E-state index contributed by atoms with van der Waals surface area (Å²) in [6.45, 7) is 1.42. The monoisotopic (exact) mass is 276 g/mol. The van der Waals surface area contributed by atoms with E-state index in [9.17, 15) is 8.42 Å². The van der Waals surface area contributed by atoms with Gasteiger partial charge in [-0.15, -0.1) is 0 Å². The van der Waals surface area contributed by atoms with Gasteiger partial charge in [0.05, 0.1) is 11.4 Å². The van der Waals surface area contributed by atoms with Crippen molar-refractivity contribution in [2.45, 2.75) is 62.3 Å². The minimum Gasteiger partial charge on any atom is -0.378 e. The van der Waals surface area contributed by atoms with Gasteiger partial charge in [-0.2, -0.15) is 0 Å². The lowest BCUT2D eigenvalue weighted by atomic mass is 9.98. The molecule has 0 saturated carbocycles. The molecule has 0 amide bonds. The van der Waals surface area contributed by atoms with Crippen molar-refractivity contribution in [3.8, 4) is 0 Å². The van der Waals surface area contributed by atoms with Gasteiger partial charge >= 0.3 is 0 Å². The Morgan fingerprint density at radius 1 is 1.22 bits per heavy atom. The highest BCUT2D eigenvalue weighted by Crippen LogP contribution is 2.21. The number of piperidine rings is 1. The molecule has 2 aliphatic rings. The Kier molecular flexibility index (Phi) is 5.00. The van der Waals surface area contributed by atoms with Crippen LogP contribution < -0.4 is 10.5 Å². The number of nitrogens with two attached hydrogens (primary N) is 1. The van der Waals surface area contributed by atoms with Crippen molar-refractivity contribution in [1.82, 2.24) is 5.32 Å². The Hall–Kier alpha value is -0.170. The highest BCUT2D eigenvalue weighted by Gasteiger charge is 2.27. The second-order valence-corrected chi connectivity index (χ2v) is 7.30. The molecule has 0 spiro atoms. The van der Waals surface area contributed by atoms with Crippen LogP contribution in [0.25, 0.3) is 0 Å². The van der Waals surface area contributed by atoms with Crippen LogP contribution in [0.5, 0.6) is 0 Å². The van der Waals surface area contributed by atoms with Crippen LogP contribution in [0, 0.1) is 0 Å². The van der Waals surface area contributed by atoms with Gasteiger partial charge in [-0.1, -0.05) is 0 Å². The molecular formula is C12H24N2O3S. The number of ether oxygens (including phenoxy) is 1. The SMILES string of the molecule is NS(=O)(=O)C1CCC(CCCC2CCCO2)NC1. The summed E-state index contributed by atoms with van der Waals surface area (Å²) < 4.78 is 28.0. The maximum absolute atomic E-state index is 11.2. The van der Waals surface area contributed by atoms with Crippen LogP contribution in [0.4, 0.5) is 0 Å². The largest absolute Gasteiger partial charge is 0.378 e. The van der Waals surface area contributed by atoms with Gasteiger partial charge in [-0.05, 0) is 44.9 Å². The van der Waals surface area contributed by atoms with E-state index in [0.29, 0.717) is 25.1 Å². The third-order valence-electron chi connectivity index (χ3n) is 4.04. The van der Waals surface area contributed by atoms with E-state index in [0.717, 1.165) is 32.3 Å². The molecule has 0 bridgehead atoms. The molecule has 0 aromatic carbocycles. The zero-order valence-electron chi connectivity index (χ0n) is 10.8. The molecule has 18 heavy (non-hydrogen) atoms. The highest BCUT2D eigenvalue weighted by atomic mass is 32.2. The van der Waals surface area contributed by atoms with Gasteiger partial charge in [0.25, 0.3) is 0 Å². The quantitative estimate of drug-likeness (QED) is 0.776. The van der Waals surface area contributed by atoms with Crippen molar-refractivity contribution in [3.63, 3.8) is 0 Å². The van der Waals surface area contributed by atoms with Gasteiger partial charge in [0.2, 0.25) is 10.0 Å². The topological polar surface area (TPSA) is 81.4 Å². The molecule has 0 aromatic heterocycles.